The fourth-order valence-corrected chi connectivity index (χ4v) is 2.39. The molecule has 0 radical (unpaired) electrons. The summed E-state index contributed by atoms with van der Waals surface area (Å²) in [7, 11) is 1.74. The standard InChI is InChI=1S/C17H16FN3O/c1-21(10-7-12-5-8-19-9-6-12)17(22)16-11-13-14(18)3-2-4-15(13)20-16/h2-6,8-9,11,20H,7,10H2,1H3. The van der Waals surface area contributed by atoms with Crippen LogP contribution in [0.3, 0.4) is 0 Å². The Bertz CT molecular complexity index is 798. The molecular formula is C17H16FN3O. The van der Waals surface area contributed by atoms with Crippen LogP contribution >= 0.6 is 0 Å². The van der Waals surface area contributed by atoms with Gasteiger partial charge in [-0.3, -0.25) is 9.78 Å². The van der Waals surface area contributed by atoms with E-state index < -0.39 is 0 Å². The molecule has 0 fully saturated rings. The number of carbonyl (C=O) groups excluding carboxylic acids is 1. The zero-order valence-electron chi connectivity index (χ0n) is 12.2. The predicted octanol–water partition coefficient (Wildman–Crippen LogP) is 3.02. The van der Waals surface area contributed by atoms with Gasteiger partial charge in [-0.2, -0.15) is 0 Å². The Labute approximate surface area is 127 Å². The summed E-state index contributed by atoms with van der Waals surface area (Å²) in [5.74, 6) is -0.475. The van der Waals surface area contributed by atoms with E-state index in [0.717, 1.165) is 12.0 Å². The topological polar surface area (TPSA) is 49.0 Å². The molecule has 0 unspecified atom stereocenters. The minimum atomic E-state index is -0.327. The lowest BCUT2D eigenvalue weighted by molar-refractivity contribution is 0.0792. The van der Waals surface area contributed by atoms with Crippen LogP contribution in [0.4, 0.5) is 4.39 Å². The van der Waals surface area contributed by atoms with Crippen molar-refractivity contribution >= 4 is 16.8 Å². The van der Waals surface area contributed by atoms with Gasteiger partial charge in [0.2, 0.25) is 0 Å². The number of H-pyrrole nitrogens is 1. The van der Waals surface area contributed by atoms with Gasteiger partial charge in [-0.1, -0.05) is 6.07 Å². The molecule has 5 heteroatoms. The maximum Gasteiger partial charge on any atom is 0.270 e. The number of benzene rings is 1. The van der Waals surface area contributed by atoms with Gasteiger partial charge in [0.25, 0.3) is 5.91 Å². The molecule has 0 atom stereocenters. The second-order valence-corrected chi connectivity index (χ2v) is 5.22. The molecule has 0 aliphatic heterocycles. The van der Waals surface area contributed by atoms with E-state index in [0.29, 0.717) is 23.1 Å². The molecule has 22 heavy (non-hydrogen) atoms. The smallest absolute Gasteiger partial charge is 0.270 e. The van der Waals surface area contributed by atoms with Crippen LogP contribution in [0.1, 0.15) is 16.1 Å². The van der Waals surface area contributed by atoms with Gasteiger partial charge in [-0.05, 0) is 42.3 Å². The van der Waals surface area contributed by atoms with E-state index in [4.69, 9.17) is 0 Å². The van der Waals surface area contributed by atoms with Crippen molar-refractivity contribution in [3.05, 3.63) is 65.9 Å². The van der Waals surface area contributed by atoms with Crippen molar-refractivity contribution in [2.75, 3.05) is 13.6 Å². The normalized spacial score (nSPS) is 10.8. The van der Waals surface area contributed by atoms with Crippen molar-refractivity contribution < 1.29 is 9.18 Å². The molecule has 1 N–H and O–H groups in total. The molecule has 2 aromatic heterocycles. The van der Waals surface area contributed by atoms with Crippen LogP contribution < -0.4 is 0 Å². The number of carbonyl (C=O) groups is 1. The van der Waals surface area contributed by atoms with E-state index in [2.05, 4.69) is 9.97 Å². The fraction of sp³-hybridized carbons (Fsp3) is 0.176. The summed E-state index contributed by atoms with van der Waals surface area (Å²) >= 11 is 0. The summed E-state index contributed by atoms with van der Waals surface area (Å²) in [5, 5.41) is 0.438. The first-order valence-corrected chi connectivity index (χ1v) is 7.07. The van der Waals surface area contributed by atoms with E-state index in [1.807, 2.05) is 12.1 Å². The zero-order valence-corrected chi connectivity index (χ0v) is 12.2. The maximum atomic E-state index is 13.7. The second-order valence-electron chi connectivity index (χ2n) is 5.22. The highest BCUT2D eigenvalue weighted by Crippen LogP contribution is 2.19. The molecule has 0 bridgehead atoms. The second kappa shape index (κ2) is 5.97. The van der Waals surface area contributed by atoms with E-state index in [9.17, 15) is 9.18 Å². The number of pyridine rings is 1. The van der Waals surface area contributed by atoms with Crippen LogP contribution in [-0.4, -0.2) is 34.4 Å². The van der Waals surface area contributed by atoms with Crippen LogP contribution in [0.25, 0.3) is 10.9 Å². The first-order chi connectivity index (χ1) is 10.6. The molecule has 112 valence electrons. The minimum Gasteiger partial charge on any atom is -0.350 e. The number of hydrogen-bond donors (Lipinski definition) is 1. The van der Waals surface area contributed by atoms with Gasteiger partial charge >= 0.3 is 0 Å². The summed E-state index contributed by atoms with van der Waals surface area (Å²) in [6.07, 6.45) is 4.22. The van der Waals surface area contributed by atoms with Crippen LogP contribution in [0, 0.1) is 5.82 Å². The van der Waals surface area contributed by atoms with E-state index in [-0.39, 0.29) is 11.7 Å². The number of likely N-dealkylation sites (N-methyl/N-ethyl adjacent to an activating group) is 1. The number of halogens is 1. The number of aromatic nitrogens is 2. The number of hydrogen-bond acceptors (Lipinski definition) is 2. The lowest BCUT2D eigenvalue weighted by atomic mass is 10.2. The Kier molecular flexibility index (Phi) is 3.87. The Morgan fingerprint density at radius 2 is 2.05 bits per heavy atom. The average molecular weight is 297 g/mol. The van der Waals surface area contributed by atoms with Gasteiger partial charge in [0.05, 0.1) is 0 Å². The Balaban J connectivity index is 1.73. The van der Waals surface area contributed by atoms with Gasteiger partial charge < -0.3 is 9.88 Å². The van der Waals surface area contributed by atoms with Crippen LogP contribution in [0.15, 0.2) is 48.8 Å². The van der Waals surface area contributed by atoms with Crippen molar-refractivity contribution in [1.29, 1.82) is 0 Å². The van der Waals surface area contributed by atoms with Crippen molar-refractivity contribution in [2.24, 2.45) is 0 Å². The molecule has 2 heterocycles. The molecule has 0 saturated carbocycles. The summed E-state index contributed by atoms with van der Waals surface area (Å²) in [6, 6.07) is 10.2. The monoisotopic (exact) mass is 297 g/mol. The molecule has 0 aliphatic carbocycles. The molecule has 1 aromatic carbocycles. The lowest BCUT2D eigenvalue weighted by Gasteiger charge is -2.16. The summed E-state index contributed by atoms with van der Waals surface area (Å²) < 4.78 is 13.7. The van der Waals surface area contributed by atoms with Gasteiger partial charge in [0.1, 0.15) is 11.5 Å². The SMILES string of the molecule is CN(CCc1ccncc1)C(=O)c1cc2c(F)cccc2[nH]1. The van der Waals surface area contributed by atoms with E-state index in [1.54, 1.807) is 42.5 Å². The highest BCUT2D eigenvalue weighted by Gasteiger charge is 2.15. The number of rotatable bonds is 4. The van der Waals surface area contributed by atoms with E-state index in [1.165, 1.54) is 6.07 Å². The van der Waals surface area contributed by atoms with Gasteiger partial charge in [-0.15, -0.1) is 0 Å². The summed E-state index contributed by atoms with van der Waals surface area (Å²) in [5.41, 5.74) is 2.15. The highest BCUT2D eigenvalue weighted by molar-refractivity contribution is 5.98. The summed E-state index contributed by atoms with van der Waals surface area (Å²) in [4.78, 5) is 21.0. The Morgan fingerprint density at radius 3 is 2.77 bits per heavy atom. The third-order valence-electron chi connectivity index (χ3n) is 3.67. The Hall–Kier alpha value is -2.69. The molecular weight excluding hydrogens is 281 g/mol. The average Bonchev–Trinajstić information content (AvgIpc) is 2.98. The van der Waals surface area contributed by atoms with Crippen LogP contribution in [-0.2, 0) is 6.42 Å². The molecule has 1 amide bonds. The summed E-state index contributed by atoms with van der Waals surface area (Å²) in [6.45, 7) is 0.584. The molecule has 0 saturated heterocycles. The lowest BCUT2D eigenvalue weighted by Crippen LogP contribution is -2.29. The largest absolute Gasteiger partial charge is 0.350 e. The molecule has 4 nitrogen and oxygen atoms in total. The van der Waals surface area contributed by atoms with Gasteiger partial charge in [0.15, 0.2) is 0 Å². The molecule has 3 aromatic rings. The third kappa shape index (κ3) is 2.83. The van der Waals surface area contributed by atoms with Gasteiger partial charge in [0, 0.05) is 36.9 Å². The molecule has 3 rings (SSSR count). The molecule has 0 aliphatic rings. The number of fused-ring (bicyclic) bond motifs is 1. The van der Waals surface area contributed by atoms with Crippen LogP contribution in [0.2, 0.25) is 0 Å². The number of nitrogens with zero attached hydrogens (tertiary/aromatic N) is 2. The maximum absolute atomic E-state index is 13.7. The number of nitrogens with one attached hydrogen (secondary N) is 1. The van der Waals surface area contributed by atoms with Crippen molar-refractivity contribution in [3.63, 3.8) is 0 Å². The number of amides is 1. The van der Waals surface area contributed by atoms with E-state index >= 15 is 0 Å². The van der Waals surface area contributed by atoms with Crippen LogP contribution in [0.5, 0.6) is 0 Å². The Morgan fingerprint density at radius 1 is 1.27 bits per heavy atom. The first-order valence-electron chi connectivity index (χ1n) is 7.07. The van der Waals surface area contributed by atoms with Gasteiger partial charge in [-0.25, -0.2) is 4.39 Å². The van der Waals surface area contributed by atoms with Crippen molar-refractivity contribution in [1.82, 2.24) is 14.9 Å². The number of aromatic amines is 1. The highest BCUT2D eigenvalue weighted by atomic mass is 19.1. The third-order valence-corrected chi connectivity index (χ3v) is 3.67. The van der Waals surface area contributed by atoms with Crippen molar-refractivity contribution in [2.45, 2.75) is 6.42 Å². The fourth-order valence-electron chi connectivity index (χ4n) is 2.39. The molecule has 0 spiro atoms. The predicted molar refractivity (Wildman–Crippen MR) is 83.2 cm³/mol. The first kappa shape index (κ1) is 14.3. The van der Waals surface area contributed by atoms with Crippen molar-refractivity contribution in [3.8, 4) is 0 Å². The minimum absolute atomic E-state index is 0.148. The zero-order chi connectivity index (χ0) is 15.5. The quantitative estimate of drug-likeness (QED) is 0.804.